The maximum atomic E-state index is 12.9. The van der Waals surface area contributed by atoms with Crippen LogP contribution in [-0.2, 0) is 11.3 Å². The third-order valence-corrected chi connectivity index (χ3v) is 4.65. The van der Waals surface area contributed by atoms with Crippen molar-refractivity contribution in [1.82, 2.24) is 4.90 Å². The quantitative estimate of drug-likeness (QED) is 0.735. The Morgan fingerprint density at radius 1 is 1.08 bits per heavy atom. The molecule has 0 N–H and O–H groups in total. The van der Waals surface area contributed by atoms with Crippen molar-refractivity contribution in [2.24, 2.45) is 0 Å². The molecule has 1 saturated carbocycles. The molecule has 0 radical (unpaired) electrons. The zero-order chi connectivity index (χ0) is 17.6. The Kier molecular flexibility index (Phi) is 5.71. The smallest absolute Gasteiger partial charge is 0.241 e. The number of carbonyl (C=O) groups excluding carboxylic acids is 1. The number of para-hydroxylation sites is 2. The second-order valence-electron chi connectivity index (χ2n) is 6.42. The largest absolute Gasteiger partial charge is 0.496 e. The average Bonchev–Trinajstić information content (AvgIpc) is 3.48. The van der Waals surface area contributed by atoms with Crippen molar-refractivity contribution in [3.8, 4) is 5.75 Å². The first-order valence-electron chi connectivity index (χ1n) is 8.94. The summed E-state index contributed by atoms with van der Waals surface area (Å²) in [6, 6.07) is 18.4. The Morgan fingerprint density at radius 2 is 1.76 bits per heavy atom. The predicted octanol–water partition coefficient (Wildman–Crippen LogP) is 3.71. The molecular formula is C21H26N2O2. The molecule has 0 saturated heterocycles. The number of hydrogen-bond donors (Lipinski definition) is 0. The predicted molar refractivity (Wildman–Crippen MR) is 101 cm³/mol. The molecule has 1 amide bonds. The number of carbonyl (C=O) groups is 1. The van der Waals surface area contributed by atoms with E-state index in [1.54, 1.807) is 7.11 Å². The topological polar surface area (TPSA) is 32.8 Å². The lowest BCUT2D eigenvalue weighted by molar-refractivity contribution is -0.120. The van der Waals surface area contributed by atoms with Gasteiger partial charge in [-0.15, -0.1) is 0 Å². The van der Waals surface area contributed by atoms with E-state index in [0.29, 0.717) is 19.1 Å². The van der Waals surface area contributed by atoms with E-state index in [2.05, 4.69) is 11.0 Å². The van der Waals surface area contributed by atoms with Crippen LogP contribution < -0.4 is 9.64 Å². The molecule has 2 aromatic carbocycles. The molecule has 1 aliphatic carbocycles. The van der Waals surface area contributed by atoms with Gasteiger partial charge in [0.2, 0.25) is 5.91 Å². The molecule has 0 heterocycles. The highest BCUT2D eigenvalue weighted by Crippen LogP contribution is 2.30. The maximum Gasteiger partial charge on any atom is 0.241 e. The minimum absolute atomic E-state index is 0.149. The Labute approximate surface area is 150 Å². The van der Waals surface area contributed by atoms with Crippen LogP contribution in [0, 0.1) is 0 Å². The molecule has 0 bridgehead atoms. The van der Waals surface area contributed by atoms with Crippen LogP contribution >= 0.6 is 0 Å². The lowest BCUT2D eigenvalue weighted by Crippen LogP contribution is -2.41. The third-order valence-electron chi connectivity index (χ3n) is 4.65. The fourth-order valence-electron chi connectivity index (χ4n) is 3.18. The first kappa shape index (κ1) is 17.5. The third kappa shape index (κ3) is 4.40. The van der Waals surface area contributed by atoms with E-state index in [9.17, 15) is 4.79 Å². The fourth-order valence-corrected chi connectivity index (χ4v) is 3.18. The van der Waals surface area contributed by atoms with E-state index >= 15 is 0 Å². The molecule has 0 atom stereocenters. The van der Waals surface area contributed by atoms with Crippen molar-refractivity contribution >= 4 is 11.6 Å². The van der Waals surface area contributed by atoms with Crippen molar-refractivity contribution in [3.05, 3.63) is 60.2 Å². The standard InChI is InChI=1S/C21H26N2O2/c1-3-23(19-10-5-4-6-11-19)21(24)16-22(18-13-14-18)15-17-9-7-8-12-20(17)25-2/h4-12,18H,3,13-16H2,1-2H3. The molecule has 2 aromatic rings. The summed E-state index contributed by atoms with van der Waals surface area (Å²) in [7, 11) is 1.69. The van der Waals surface area contributed by atoms with Gasteiger partial charge in [0.05, 0.1) is 13.7 Å². The van der Waals surface area contributed by atoms with Crippen molar-refractivity contribution < 1.29 is 9.53 Å². The molecule has 1 aliphatic rings. The van der Waals surface area contributed by atoms with Gasteiger partial charge in [-0.2, -0.15) is 0 Å². The highest BCUT2D eigenvalue weighted by atomic mass is 16.5. The van der Waals surface area contributed by atoms with Gasteiger partial charge in [0.25, 0.3) is 0 Å². The van der Waals surface area contributed by atoms with Crippen molar-refractivity contribution in [2.75, 3.05) is 25.1 Å². The number of rotatable bonds is 8. The molecule has 0 unspecified atom stereocenters. The monoisotopic (exact) mass is 338 g/mol. The SMILES string of the molecule is CCN(C(=O)CN(Cc1ccccc1OC)C1CC1)c1ccccc1. The minimum Gasteiger partial charge on any atom is -0.496 e. The van der Waals surface area contributed by atoms with Crippen LogP contribution in [0.2, 0.25) is 0 Å². The number of likely N-dealkylation sites (N-methyl/N-ethyl adjacent to an activating group) is 1. The second-order valence-corrected chi connectivity index (χ2v) is 6.42. The van der Waals surface area contributed by atoms with E-state index in [4.69, 9.17) is 4.74 Å². The van der Waals surface area contributed by atoms with E-state index in [1.807, 2.05) is 60.4 Å². The highest BCUT2D eigenvalue weighted by molar-refractivity contribution is 5.94. The van der Waals surface area contributed by atoms with Gasteiger partial charge in [0.1, 0.15) is 5.75 Å². The zero-order valence-electron chi connectivity index (χ0n) is 15.0. The molecule has 3 rings (SSSR count). The van der Waals surface area contributed by atoms with Gasteiger partial charge in [-0.25, -0.2) is 0 Å². The summed E-state index contributed by atoms with van der Waals surface area (Å²) < 4.78 is 5.47. The average molecular weight is 338 g/mol. The lowest BCUT2D eigenvalue weighted by atomic mass is 10.2. The number of ether oxygens (including phenoxy) is 1. The number of nitrogens with zero attached hydrogens (tertiary/aromatic N) is 2. The van der Waals surface area contributed by atoms with Crippen LogP contribution in [0.15, 0.2) is 54.6 Å². The highest BCUT2D eigenvalue weighted by Gasteiger charge is 2.32. The molecule has 0 aliphatic heterocycles. The van der Waals surface area contributed by atoms with E-state index in [0.717, 1.165) is 23.5 Å². The van der Waals surface area contributed by atoms with Crippen molar-refractivity contribution in [3.63, 3.8) is 0 Å². The van der Waals surface area contributed by atoms with Crippen LogP contribution in [0.5, 0.6) is 5.75 Å². The number of methoxy groups -OCH3 is 1. The number of anilines is 1. The van der Waals surface area contributed by atoms with Gasteiger partial charge in [0, 0.05) is 30.4 Å². The Hall–Kier alpha value is -2.33. The summed E-state index contributed by atoms with van der Waals surface area (Å²) in [4.78, 5) is 17.1. The first-order chi connectivity index (χ1) is 12.2. The lowest BCUT2D eigenvalue weighted by Gasteiger charge is -2.27. The van der Waals surface area contributed by atoms with E-state index in [1.165, 1.54) is 12.8 Å². The number of hydrogen-bond acceptors (Lipinski definition) is 3. The van der Waals surface area contributed by atoms with Crippen LogP contribution in [0.1, 0.15) is 25.3 Å². The molecule has 1 fully saturated rings. The summed E-state index contributed by atoms with van der Waals surface area (Å²) in [6.45, 7) is 3.88. The number of benzene rings is 2. The van der Waals surface area contributed by atoms with Crippen LogP contribution in [0.3, 0.4) is 0 Å². The molecule has 0 spiro atoms. The molecule has 4 nitrogen and oxygen atoms in total. The Bertz CT molecular complexity index is 698. The Morgan fingerprint density at radius 3 is 2.40 bits per heavy atom. The normalized spacial score (nSPS) is 13.7. The van der Waals surface area contributed by atoms with Gasteiger partial charge >= 0.3 is 0 Å². The summed E-state index contributed by atoms with van der Waals surface area (Å²) in [5, 5.41) is 0. The summed E-state index contributed by atoms with van der Waals surface area (Å²) in [5.74, 6) is 1.03. The van der Waals surface area contributed by atoms with Gasteiger partial charge in [-0.3, -0.25) is 9.69 Å². The van der Waals surface area contributed by atoms with Crippen molar-refractivity contribution in [2.45, 2.75) is 32.4 Å². The number of amides is 1. The van der Waals surface area contributed by atoms with Gasteiger partial charge < -0.3 is 9.64 Å². The zero-order valence-corrected chi connectivity index (χ0v) is 15.0. The summed E-state index contributed by atoms with van der Waals surface area (Å²) >= 11 is 0. The minimum atomic E-state index is 0.149. The van der Waals surface area contributed by atoms with Gasteiger partial charge in [-0.1, -0.05) is 36.4 Å². The second kappa shape index (κ2) is 8.17. The molecule has 0 aromatic heterocycles. The van der Waals surface area contributed by atoms with E-state index < -0.39 is 0 Å². The van der Waals surface area contributed by atoms with Gasteiger partial charge in [-0.05, 0) is 38.0 Å². The summed E-state index contributed by atoms with van der Waals surface area (Å²) in [6.07, 6.45) is 2.33. The molecule has 132 valence electrons. The molecule has 25 heavy (non-hydrogen) atoms. The first-order valence-corrected chi connectivity index (χ1v) is 8.94. The van der Waals surface area contributed by atoms with Crippen LogP contribution in [-0.4, -0.2) is 37.0 Å². The van der Waals surface area contributed by atoms with Gasteiger partial charge in [0.15, 0.2) is 0 Å². The summed E-state index contributed by atoms with van der Waals surface area (Å²) in [5.41, 5.74) is 2.09. The van der Waals surface area contributed by atoms with Crippen molar-refractivity contribution in [1.29, 1.82) is 0 Å². The fraction of sp³-hybridized carbons (Fsp3) is 0.381. The Balaban J connectivity index is 1.72. The molecule has 4 heteroatoms. The van der Waals surface area contributed by atoms with Crippen LogP contribution in [0.25, 0.3) is 0 Å². The van der Waals surface area contributed by atoms with Crippen LogP contribution in [0.4, 0.5) is 5.69 Å². The molecular weight excluding hydrogens is 312 g/mol. The van der Waals surface area contributed by atoms with E-state index in [-0.39, 0.29) is 5.91 Å². The maximum absolute atomic E-state index is 12.9.